The molecule has 0 saturated heterocycles. The van der Waals surface area contributed by atoms with E-state index in [0.29, 0.717) is 29.4 Å². The lowest BCUT2D eigenvalue weighted by Gasteiger charge is -2.19. The third-order valence-corrected chi connectivity index (χ3v) is 6.10. The Kier molecular flexibility index (Phi) is 7.44. The lowest BCUT2D eigenvalue weighted by Crippen LogP contribution is -2.26. The Morgan fingerprint density at radius 2 is 1.73 bits per heavy atom. The predicted octanol–water partition coefficient (Wildman–Crippen LogP) is 5.21. The van der Waals surface area contributed by atoms with Crippen molar-refractivity contribution in [2.75, 3.05) is 14.2 Å². The number of unbranched alkanes of at least 4 members (excludes halogenated alkanes) is 1. The Bertz CT molecular complexity index is 1060. The Morgan fingerprint density at radius 1 is 1.10 bits per heavy atom. The molecule has 1 N–H and O–H groups in total. The molecule has 0 aliphatic carbocycles. The normalized spacial score (nSPS) is 10.8. The van der Waals surface area contributed by atoms with Gasteiger partial charge in [0.1, 0.15) is 27.9 Å². The van der Waals surface area contributed by atoms with Gasteiger partial charge in [0.15, 0.2) is 0 Å². The zero-order valence-corrected chi connectivity index (χ0v) is 19.4. The van der Waals surface area contributed by atoms with Crippen molar-refractivity contribution < 1.29 is 14.6 Å². The topological polar surface area (TPSA) is 73.6 Å². The molecular weight excluding hydrogens is 468 g/mol. The SMILES string of the molecule is CCCCc1nc(O)c(Sc2ccc(Br)cc2)c(=O)n1-c1c(OC)cccc1OC. The molecule has 6 nitrogen and oxygen atoms in total. The van der Waals surface area contributed by atoms with E-state index >= 15 is 0 Å². The summed E-state index contributed by atoms with van der Waals surface area (Å²) in [6.07, 6.45) is 2.28. The van der Waals surface area contributed by atoms with Gasteiger partial charge in [0, 0.05) is 15.8 Å². The summed E-state index contributed by atoms with van der Waals surface area (Å²) in [5, 5.41) is 10.6. The first kappa shape index (κ1) is 22.2. The smallest absolute Gasteiger partial charge is 0.276 e. The van der Waals surface area contributed by atoms with Gasteiger partial charge in [-0.25, -0.2) is 0 Å². The second-order valence-corrected chi connectivity index (χ2v) is 8.49. The Hall–Kier alpha value is -2.45. The van der Waals surface area contributed by atoms with Crippen molar-refractivity contribution in [1.82, 2.24) is 9.55 Å². The van der Waals surface area contributed by atoms with Crippen LogP contribution in [0.3, 0.4) is 0 Å². The van der Waals surface area contributed by atoms with Crippen LogP contribution in [-0.2, 0) is 6.42 Å². The number of methoxy groups -OCH3 is 2. The Balaban J connectivity index is 2.25. The highest BCUT2D eigenvalue weighted by Crippen LogP contribution is 2.36. The number of benzene rings is 2. The van der Waals surface area contributed by atoms with E-state index in [9.17, 15) is 9.90 Å². The fourth-order valence-corrected chi connectivity index (χ4v) is 4.12. The standard InChI is InChI=1S/C22H23BrN2O4S/c1-4-5-9-18-24-21(26)20(30-15-12-10-14(23)11-13-15)22(27)25(18)19-16(28-2)7-6-8-17(19)29-3/h6-8,10-13,26H,4-5,9H2,1-3H3. The molecule has 1 aromatic heterocycles. The summed E-state index contributed by atoms with van der Waals surface area (Å²) in [5.74, 6) is 1.16. The average molecular weight is 491 g/mol. The third kappa shape index (κ3) is 4.65. The Morgan fingerprint density at radius 3 is 2.30 bits per heavy atom. The van der Waals surface area contributed by atoms with E-state index in [0.717, 1.165) is 22.2 Å². The zero-order valence-electron chi connectivity index (χ0n) is 17.0. The molecule has 0 aliphatic heterocycles. The number of rotatable bonds is 8. The summed E-state index contributed by atoms with van der Waals surface area (Å²) < 4.78 is 13.5. The first-order valence-electron chi connectivity index (χ1n) is 9.49. The van der Waals surface area contributed by atoms with Crippen LogP contribution in [-0.4, -0.2) is 28.9 Å². The van der Waals surface area contributed by atoms with Crippen LogP contribution in [0, 0.1) is 0 Å². The van der Waals surface area contributed by atoms with Gasteiger partial charge in [-0.2, -0.15) is 4.98 Å². The largest absolute Gasteiger partial charge is 0.494 e. The van der Waals surface area contributed by atoms with Gasteiger partial charge < -0.3 is 14.6 Å². The molecule has 0 fully saturated rings. The molecule has 0 aliphatic rings. The van der Waals surface area contributed by atoms with Gasteiger partial charge in [0.05, 0.1) is 14.2 Å². The van der Waals surface area contributed by atoms with Gasteiger partial charge in [-0.15, -0.1) is 0 Å². The van der Waals surface area contributed by atoms with Gasteiger partial charge in [-0.3, -0.25) is 9.36 Å². The van der Waals surface area contributed by atoms with Crippen molar-refractivity contribution in [1.29, 1.82) is 0 Å². The molecular formula is C22H23BrN2O4S. The summed E-state index contributed by atoms with van der Waals surface area (Å²) in [5.41, 5.74) is 0.105. The van der Waals surface area contributed by atoms with Crippen LogP contribution in [0.1, 0.15) is 25.6 Å². The van der Waals surface area contributed by atoms with Crippen molar-refractivity contribution in [3.8, 4) is 23.1 Å². The summed E-state index contributed by atoms with van der Waals surface area (Å²) in [6, 6.07) is 12.8. The maximum Gasteiger partial charge on any atom is 0.276 e. The zero-order chi connectivity index (χ0) is 21.7. The number of halogens is 1. The highest BCUT2D eigenvalue weighted by Gasteiger charge is 2.23. The molecule has 0 saturated carbocycles. The molecule has 0 radical (unpaired) electrons. The molecule has 0 unspecified atom stereocenters. The van der Waals surface area contributed by atoms with E-state index in [2.05, 4.69) is 27.8 Å². The number of nitrogens with zero attached hydrogens (tertiary/aromatic N) is 2. The number of aromatic nitrogens is 2. The number of hydrogen-bond acceptors (Lipinski definition) is 6. The fourth-order valence-electron chi connectivity index (χ4n) is 3.03. The first-order chi connectivity index (χ1) is 14.5. The highest BCUT2D eigenvalue weighted by atomic mass is 79.9. The van der Waals surface area contributed by atoms with Crippen molar-refractivity contribution in [2.24, 2.45) is 0 Å². The van der Waals surface area contributed by atoms with Crippen LogP contribution in [0.4, 0.5) is 0 Å². The van der Waals surface area contributed by atoms with Crippen LogP contribution in [0.5, 0.6) is 17.4 Å². The molecule has 3 aromatic rings. The van der Waals surface area contributed by atoms with Crippen molar-refractivity contribution >= 4 is 27.7 Å². The molecule has 8 heteroatoms. The van der Waals surface area contributed by atoms with Gasteiger partial charge in [-0.1, -0.05) is 47.1 Å². The minimum atomic E-state index is -0.371. The second kappa shape index (κ2) is 10.0. The molecule has 3 rings (SSSR count). The third-order valence-electron chi connectivity index (χ3n) is 4.51. The van der Waals surface area contributed by atoms with Crippen LogP contribution in [0.2, 0.25) is 0 Å². The van der Waals surface area contributed by atoms with Crippen LogP contribution < -0.4 is 15.0 Å². The number of aromatic hydroxyl groups is 1. The predicted molar refractivity (Wildman–Crippen MR) is 121 cm³/mol. The summed E-state index contributed by atoms with van der Waals surface area (Å²) >= 11 is 4.57. The summed E-state index contributed by atoms with van der Waals surface area (Å²) in [6.45, 7) is 2.06. The Labute approximate surface area is 188 Å². The molecule has 1 heterocycles. The van der Waals surface area contributed by atoms with Gasteiger partial charge >= 0.3 is 0 Å². The van der Waals surface area contributed by atoms with Crippen molar-refractivity contribution in [3.63, 3.8) is 0 Å². The van der Waals surface area contributed by atoms with Crippen molar-refractivity contribution in [3.05, 3.63) is 63.1 Å². The quantitative estimate of drug-likeness (QED) is 0.466. The molecule has 0 bridgehead atoms. The maximum absolute atomic E-state index is 13.6. The lowest BCUT2D eigenvalue weighted by atomic mass is 10.2. The highest BCUT2D eigenvalue weighted by molar-refractivity contribution is 9.10. The lowest BCUT2D eigenvalue weighted by molar-refractivity contribution is 0.387. The van der Waals surface area contributed by atoms with Gasteiger partial charge in [0.25, 0.3) is 5.56 Å². The van der Waals surface area contributed by atoms with Crippen LogP contribution in [0.15, 0.2) is 61.5 Å². The molecule has 2 aromatic carbocycles. The molecule has 158 valence electrons. The monoisotopic (exact) mass is 490 g/mol. The average Bonchev–Trinajstić information content (AvgIpc) is 2.76. The minimum Gasteiger partial charge on any atom is -0.494 e. The van der Waals surface area contributed by atoms with Crippen LogP contribution in [0.25, 0.3) is 5.69 Å². The van der Waals surface area contributed by atoms with E-state index in [1.807, 2.05) is 24.3 Å². The van der Waals surface area contributed by atoms with E-state index in [1.165, 1.54) is 16.3 Å². The molecule has 0 spiro atoms. The first-order valence-corrected chi connectivity index (χ1v) is 11.1. The number of ether oxygens (including phenoxy) is 2. The second-order valence-electron chi connectivity index (χ2n) is 6.49. The van der Waals surface area contributed by atoms with Gasteiger partial charge in [0.2, 0.25) is 5.88 Å². The van der Waals surface area contributed by atoms with E-state index < -0.39 is 0 Å². The van der Waals surface area contributed by atoms with E-state index in [1.54, 1.807) is 32.4 Å². The molecule has 30 heavy (non-hydrogen) atoms. The summed E-state index contributed by atoms with van der Waals surface area (Å²) in [4.78, 5) is 18.9. The molecule has 0 atom stereocenters. The molecule has 0 amide bonds. The van der Waals surface area contributed by atoms with Crippen molar-refractivity contribution in [2.45, 2.75) is 36.0 Å². The van der Waals surface area contributed by atoms with E-state index in [-0.39, 0.29) is 16.3 Å². The van der Waals surface area contributed by atoms with E-state index in [4.69, 9.17) is 9.47 Å². The van der Waals surface area contributed by atoms with Gasteiger partial charge in [-0.05, 0) is 42.8 Å². The number of aryl methyl sites for hydroxylation is 1. The minimum absolute atomic E-state index is 0.144. The van der Waals surface area contributed by atoms with Crippen LogP contribution >= 0.6 is 27.7 Å². The summed E-state index contributed by atoms with van der Waals surface area (Å²) in [7, 11) is 3.08. The fraction of sp³-hybridized carbons (Fsp3) is 0.273. The number of para-hydroxylation sites is 1. The number of hydrogen-bond donors (Lipinski definition) is 1. The maximum atomic E-state index is 13.6.